The molecule has 2 aromatic heterocycles. The van der Waals surface area contributed by atoms with Crippen molar-refractivity contribution in [3.8, 4) is 16.3 Å². The lowest BCUT2D eigenvalue weighted by Gasteiger charge is -2.35. The van der Waals surface area contributed by atoms with Crippen LogP contribution < -0.4 is 5.43 Å². The number of aromatic nitrogens is 3. The van der Waals surface area contributed by atoms with E-state index in [2.05, 4.69) is 10.2 Å². The van der Waals surface area contributed by atoms with Crippen LogP contribution in [-0.2, 0) is 17.7 Å². The number of carbonyl (C=O) groups excluding carboxylic acids is 1. The fourth-order valence-electron chi connectivity index (χ4n) is 5.11. The highest BCUT2D eigenvalue weighted by atomic mass is 32.1. The lowest BCUT2D eigenvalue weighted by molar-refractivity contribution is 0.0520. The Balaban J connectivity index is 1.34. The molecule has 0 spiro atoms. The maximum atomic E-state index is 14.0. The molecule has 33 heavy (non-hydrogen) atoms. The zero-order valence-electron chi connectivity index (χ0n) is 17.2. The standard InChI is InChI=1S/C22H18F2N4O4S/c23-12-2-1-10(15(24)5-12)4-17-25-26-21(33-17)14-7-27-6-13-3-11-8-32-9-16(11)28(13)22(31)18(27)20(30)19(14)29/h1-2,5,7,11,13,16,30H,3-4,6,8-9H2/t11-,13?,16?/m0/s1. The molecule has 3 aliphatic rings. The number of rotatable bonds is 3. The minimum Gasteiger partial charge on any atom is -0.503 e. The van der Waals surface area contributed by atoms with E-state index in [4.69, 9.17) is 4.74 Å². The first-order valence-corrected chi connectivity index (χ1v) is 11.4. The quantitative estimate of drug-likeness (QED) is 0.628. The molecule has 2 unspecified atom stereocenters. The molecule has 2 saturated heterocycles. The van der Waals surface area contributed by atoms with Gasteiger partial charge in [-0.25, -0.2) is 8.78 Å². The molecule has 1 amide bonds. The highest BCUT2D eigenvalue weighted by Crippen LogP contribution is 2.40. The van der Waals surface area contributed by atoms with Gasteiger partial charge in [-0.05, 0) is 18.1 Å². The van der Waals surface area contributed by atoms with E-state index in [1.165, 1.54) is 6.07 Å². The summed E-state index contributed by atoms with van der Waals surface area (Å²) in [6, 6.07) is 3.25. The van der Waals surface area contributed by atoms with Gasteiger partial charge in [0.15, 0.2) is 16.5 Å². The normalized spacial score (nSPS) is 23.5. The molecule has 0 bridgehead atoms. The zero-order chi connectivity index (χ0) is 22.9. The van der Waals surface area contributed by atoms with Crippen LogP contribution in [-0.4, -0.2) is 56.0 Å². The van der Waals surface area contributed by atoms with Crippen LogP contribution in [0.4, 0.5) is 8.78 Å². The molecule has 6 rings (SSSR count). The molecule has 5 heterocycles. The lowest BCUT2D eigenvalue weighted by Crippen LogP contribution is -2.49. The van der Waals surface area contributed by atoms with Crippen LogP contribution in [0.3, 0.4) is 0 Å². The first-order valence-electron chi connectivity index (χ1n) is 10.5. The van der Waals surface area contributed by atoms with Crippen molar-refractivity contribution in [1.29, 1.82) is 0 Å². The van der Waals surface area contributed by atoms with E-state index in [0.717, 1.165) is 29.9 Å². The Morgan fingerprint density at radius 3 is 2.88 bits per heavy atom. The summed E-state index contributed by atoms with van der Waals surface area (Å²) in [6.07, 6.45) is 2.44. The zero-order valence-corrected chi connectivity index (χ0v) is 18.0. The van der Waals surface area contributed by atoms with Gasteiger partial charge in [0.25, 0.3) is 5.91 Å². The van der Waals surface area contributed by atoms with Gasteiger partial charge in [0.1, 0.15) is 16.6 Å². The lowest BCUT2D eigenvalue weighted by atomic mass is 10.0. The average Bonchev–Trinajstić information content (AvgIpc) is 3.48. The number of ether oxygens (including phenoxy) is 1. The van der Waals surface area contributed by atoms with Crippen LogP contribution in [0.25, 0.3) is 10.6 Å². The molecule has 3 aliphatic heterocycles. The van der Waals surface area contributed by atoms with Gasteiger partial charge in [-0.2, -0.15) is 0 Å². The van der Waals surface area contributed by atoms with Gasteiger partial charge < -0.3 is 19.3 Å². The number of nitrogens with zero attached hydrogens (tertiary/aromatic N) is 4. The monoisotopic (exact) mass is 472 g/mol. The molecule has 1 N–H and O–H groups in total. The topological polar surface area (TPSA) is 97.5 Å². The first kappa shape index (κ1) is 20.4. The van der Waals surface area contributed by atoms with Crippen molar-refractivity contribution in [3.05, 3.63) is 62.5 Å². The molecular weight excluding hydrogens is 454 g/mol. The van der Waals surface area contributed by atoms with Crippen molar-refractivity contribution in [2.24, 2.45) is 5.92 Å². The Morgan fingerprint density at radius 2 is 2.06 bits per heavy atom. The Hall–Kier alpha value is -3.18. The Kier molecular flexibility index (Phi) is 4.59. The Morgan fingerprint density at radius 1 is 1.21 bits per heavy atom. The van der Waals surface area contributed by atoms with E-state index in [1.807, 2.05) is 0 Å². The van der Waals surface area contributed by atoms with Crippen LogP contribution in [0.1, 0.15) is 27.5 Å². The van der Waals surface area contributed by atoms with Crippen molar-refractivity contribution in [3.63, 3.8) is 0 Å². The predicted molar refractivity (Wildman–Crippen MR) is 113 cm³/mol. The summed E-state index contributed by atoms with van der Waals surface area (Å²) in [7, 11) is 0. The minimum absolute atomic E-state index is 0.0225. The number of aromatic hydroxyl groups is 1. The van der Waals surface area contributed by atoms with Crippen molar-refractivity contribution in [1.82, 2.24) is 19.7 Å². The molecule has 2 fully saturated rings. The second-order valence-corrected chi connectivity index (χ2v) is 9.66. The molecule has 0 saturated carbocycles. The number of benzene rings is 1. The maximum Gasteiger partial charge on any atom is 0.275 e. The molecule has 0 radical (unpaired) electrons. The smallest absolute Gasteiger partial charge is 0.275 e. The second kappa shape index (κ2) is 7.42. The van der Waals surface area contributed by atoms with Gasteiger partial charge in [0.05, 0.1) is 30.9 Å². The molecule has 3 atom stereocenters. The molecule has 1 aromatic carbocycles. The fraction of sp³-hybridized carbons (Fsp3) is 0.364. The van der Waals surface area contributed by atoms with E-state index >= 15 is 0 Å². The summed E-state index contributed by atoms with van der Waals surface area (Å²) < 4.78 is 34.3. The van der Waals surface area contributed by atoms with Gasteiger partial charge in [-0.1, -0.05) is 17.4 Å². The summed E-state index contributed by atoms with van der Waals surface area (Å²) in [5.41, 5.74) is -0.347. The summed E-state index contributed by atoms with van der Waals surface area (Å²) in [5.74, 6) is -2.07. The van der Waals surface area contributed by atoms with Gasteiger partial charge in [-0.15, -0.1) is 10.2 Å². The van der Waals surface area contributed by atoms with Crippen LogP contribution in [0.15, 0.2) is 29.2 Å². The second-order valence-electron chi connectivity index (χ2n) is 8.60. The van der Waals surface area contributed by atoms with Gasteiger partial charge in [0.2, 0.25) is 5.43 Å². The molecule has 8 nitrogen and oxygen atoms in total. The summed E-state index contributed by atoms with van der Waals surface area (Å²) in [4.78, 5) is 27.9. The molecule has 11 heteroatoms. The Labute approximate surface area is 190 Å². The third-order valence-corrected chi connectivity index (χ3v) is 7.60. The molecular formula is C22H18F2N4O4S. The first-order chi connectivity index (χ1) is 15.9. The van der Waals surface area contributed by atoms with Gasteiger partial charge in [0, 0.05) is 31.1 Å². The Bertz CT molecular complexity index is 1360. The number of pyridine rings is 1. The largest absolute Gasteiger partial charge is 0.503 e. The number of fused-ring (bicyclic) bond motifs is 4. The third kappa shape index (κ3) is 3.17. The molecule has 3 aromatic rings. The van der Waals surface area contributed by atoms with Crippen molar-refractivity contribution in [2.75, 3.05) is 13.2 Å². The minimum atomic E-state index is -0.706. The van der Waals surface area contributed by atoms with E-state index < -0.39 is 22.8 Å². The molecule has 0 aliphatic carbocycles. The molecule has 170 valence electrons. The van der Waals surface area contributed by atoms with Crippen molar-refractivity contribution < 1.29 is 23.4 Å². The van der Waals surface area contributed by atoms with Crippen molar-refractivity contribution >= 4 is 17.2 Å². The van der Waals surface area contributed by atoms with Gasteiger partial charge in [-0.3, -0.25) is 9.59 Å². The number of carbonyl (C=O) groups is 1. The summed E-state index contributed by atoms with van der Waals surface area (Å²) in [6.45, 7) is 1.54. The number of hydrogen-bond acceptors (Lipinski definition) is 7. The number of amides is 1. The average molecular weight is 472 g/mol. The van der Waals surface area contributed by atoms with Crippen LogP contribution in [0.2, 0.25) is 0 Å². The van der Waals surface area contributed by atoms with E-state index in [9.17, 15) is 23.5 Å². The number of halogens is 2. The highest BCUT2D eigenvalue weighted by Gasteiger charge is 2.50. The van der Waals surface area contributed by atoms with Crippen LogP contribution in [0, 0.1) is 17.6 Å². The predicted octanol–water partition coefficient (Wildman–Crippen LogP) is 2.18. The summed E-state index contributed by atoms with van der Waals surface area (Å²) >= 11 is 1.08. The van der Waals surface area contributed by atoms with E-state index in [0.29, 0.717) is 24.8 Å². The van der Waals surface area contributed by atoms with Gasteiger partial charge >= 0.3 is 0 Å². The third-order valence-electron chi connectivity index (χ3n) is 6.64. The SMILES string of the molecule is O=C1c2c(O)c(=O)c(-c3nnc(Cc4ccc(F)cc4F)s3)cn2CC2C[C@H]3COCC3N12. The van der Waals surface area contributed by atoms with Crippen LogP contribution in [0.5, 0.6) is 5.75 Å². The fourth-order valence-corrected chi connectivity index (χ4v) is 5.98. The van der Waals surface area contributed by atoms with Crippen LogP contribution >= 0.6 is 11.3 Å². The maximum absolute atomic E-state index is 14.0. The van der Waals surface area contributed by atoms with E-state index in [1.54, 1.807) is 15.7 Å². The number of hydrogen-bond donors (Lipinski definition) is 1. The summed E-state index contributed by atoms with van der Waals surface area (Å²) in [5, 5.41) is 19.5. The van der Waals surface area contributed by atoms with Crippen molar-refractivity contribution in [2.45, 2.75) is 31.5 Å². The highest BCUT2D eigenvalue weighted by molar-refractivity contribution is 7.14. The van der Waals surface area contributed by atoms with E-state index in [-0.39, 0.29) is 52.2 Å².